The van der Waals surface area contributed by atoms with Crippen LogP contribution in [-0.2, 0) is 6.54 Å². The Kier molecular flexibility index (Phi) is 4.91. The van der Waals surface area contributed by atoms with Crippen molar-refractivity contribution in [2.24, 2.45) is 0 Å². The fraction of sp³-hybridized carbons (Fsp3) is 0.188. The minimum absolute atomic E-state index is 0.529. The molecule has 5 heteroatoms. The van der Waals surface area contributed by atoms with Crippen LogP contribution in [0.3, 0.4) is 0 Å². The highest BCUT2D eigenvalue weighted by atomic mass is 35.5. The van der Waals surface area contributed by atoms with Gasteiger partial charge in [0.25, 0.3) is 0 Å². The van der Waals surface area contributed by atoms with Crippen molar-refractivity contribution in [1.29, 1.82) is 5.26 Å². The van der Waals surface area contributed by atoms with Gasteiger partial charge in [-0.3, -0.25) is 0 Å². The Morgan fingerprint density at radius 3 is 2.43 bits per heavy atom. The molecule has 108 valence electrons. The molecule has 0 aromatic heterocycles. The van der Waals surface area contributed by atoms with Crippen molar-refractivity contribution in [3.63, 3.8) is 0 Å². The third kappa shape index (κ3) is 3.59. The van der Waals surface area contributed by atoms with E-state index in [1.165, 1.54) is 0 Å². The fourth-order valence-corrected chi connectivity index (χ4v) is 2.22. The van der Waals surface area contributed by atoms with E-state index < -0.39 is 0 Å². The predicted octanol–water partition coefficient (Wildman–Crippen LogP) is 3.84. The molecule has 0 atom stereocenters. The van der Waals surface area contributed by atoms with E-state index in [2.05, 4.69) is 11.4 Å². The first-order chi connectivity index (χ1) is 10.2. The molecule has 2 aromatic rings. The molecule has 4 nitrogen and oxygen atoms in total. The maximum atomic E-state index is 8.96. The summed E-state index contributed by atoms with van der Waals surface area (Å²) < 4.78 is 10.4. The lowest BCUT2D eigenvalue weighted by molar-refractivity contribution is 0.410. The number of benzene rings is 2. The van der Waals surface area contributed by atoms with Crippen molar-refractivity contribution in [2.45, 2.75) is 6.54 Å². The van der Waals surface area contributed by atoms with Gasteiger partial charge in [-0.15, -0.1) is 0 Å². The Labute approximate surface area is 128 Å². The molecular weight excluding hydrogens is 288 g/mol. The van der Waals surface area contributed by atoms with E-state index in [4.69, 9.17) is 26.3 Å². The van der Waals surface area contributed by atoms with E-state index in [1.54, 1.807) is 44.6 Å². The van der Waals surface area contributed by atoms with Gasteiger partial charge in [0.05, 0.1) is 30.9 Å². The van der Waals surface area contributed by atoms with Crippen LogP contribution in [0, 0.1) is 11.3 Å². The second-order valence-corrected chi connectivity index (χ2v) is 4.75. The van der Waals surface area contributed by atoms with E-state index >= 15 is 0 Å². The minimum atomic E-state index is 0.529. The molecule has 0 aliphatic heterocycles. The minimum Gasteiger partial charge on any atom is -0.496 e. The molecule has 21 heavy (non-hydrogen) atoms. The number of hydrogen-bond donors (Lipinski definition) is 1. The van der Waals surface area contributed by atoms with Gasteiger partial charge in [0.15, 0.2) is 0 Å². The quantitative estimate of drug-likeness (QED) is 0.911. The number of nitriles is 1. The average molecular weight is 303 g/mol. The lowest BCUT2D eigenvalue weighted by Crippen LogP contribution is -2.02. The highest BCUT2D eigenvalue weighted by molar-refractivity contribution is 6.32. The summed E-state index contributed by atoms with van der Waals surface area (Å²) in [4.78, 5) is 0. The third-order valence-corrected chi connectivity index (χ3v) is 3.34. The molecule has 0 spiro atoms. The lowest BCUT2D eigenvalue weighted by atomic mass is 10.1. The van der Waals surface area contributed by atoms with Gasteiger partial charge in [0.1, 0.15) is 11.5 Å². The number of halogens is 1. The smallest absolute Gasteiger partial charge is 0.137 e. The van der Waals surface area contributed by atoms with E-state index in [9.17, 15) is 0 Å². The average Bonchev–Trinajstić information content (AvgIpc) is 2.52. The highest BCUT2D eigenvalue weighted by Gasteiger charge is 2.06. The summed E-state index contributed by atoms with van der Waals surface area (Å²) in [5, 5.41) is 12.8. The summed E-state index contributed by atoms with van der Waals surface area (Å²) in [7, 11) is 3.18. The lowest BCUT2D eigenvalue weighted by Gasteiger charge is -2.12. The molecule has 0 heterocycles. The number of nitrogens with zero attached hydrogens (tertiary/aromatic N) is 1. The van der Waals surface area contributed by atoms with Crippen molar-refractivity contribution in [2.75, 3.05) is 19.5 Å². The first-order valence-corrected chi connectivity index (χ1v) is 6.70. The Morgan fingerprint density at radius 1 is 1.10 bits per heavy atom. The van der Waals surface area contributed by atoms with Crippen LogP contribution in [0.15, 0.2) is 36.4 Å². The summed E-state index contributed by atoms with van der Waals surface area (Å²) in [5.41, 5.74) is 2.37. The van der Waals surface area contributed by atoms with E-state index in [-0.39, 0.29) is 0 Å². The molecule has 0 amide bonds. The molecule has 0 saturated carbocycles. The zero-order chi connectivity index (χ0) is 15.2. The van der Waals surface area contributed by atoms with E-state index in [0.717, 1.165) is 17.0 Å². The number of ether oxygens (including phenoxy) is 2. The predicted molar refractivity (Wildman–Crippen MR) is 83.0 cm³/mol. The zero-order valence-corrected chi connectivity index (χ0v) is 12.6. The highest BCUT2D eigenvalue weighted by Crippen LogP contribution is 2.28. The van der Waals surface area contributed by atoms with Crippen LogP contribution in [0.4, 0.5) is 5.69 Å². The maximum Gasteiger partial charge on any atom is 0.137 e. The number of hydrogen-bond acceptors (Lipinski definition) is 4. The molecule has 1 N–H and O–H groups in total. The monoisotopic (exact) mass is 302 g/mol. The van der Waals surface area contributed by atoms with Gasteiger partial charge in [-0.25, -0.2) is 0 Å². The molecule has 0 aliphatic carbocycles. The summed E-state index contributed by atoms with van der Waals surface area (Å²) in [6.07, 6.45) is 0. The molecule has 2 aromatic carbocycles. The molecule has 0 saturated heterocycles. The molecule has 0 fully saturated rings. The first kappa shape index (κ1) is 15.0. The Bertz CT molecular complexity index is 680. The zero-order valence-electron chi connectivity index (χ0n) is 11.8. The Balaban J connectivity index is 2.16. The molecule has 0 radical (unpaired) electrons. The van der Waals surface area contributed by atoms with Crippen LogP contribution >= 0.6 is 11.6 Å². The maximum absolute atomic E-state index is 8.96. The molecule has 0 unspecified atom stereocenters. The van der Waals surface area contributed by atoms with E-state index in [0.29, 0.717) is 22.9 Å². The van der Waals surface area contributed by atoms with Gasteiger partial charge in [-0.1, -0.05) is 11.6 Å². The van der Waals surface area contributed by atoms with Crippen LogP contribution in [0.1, 0.15) is 11.1 Å². The van der Waals surface area contributed by atoms with Crippen molar-refractivity contribution >= 4 is 17.3 Å². The Hall–Kier alpha value is -2.38. The van der Waals surface area contributed by atoms with Crippen molar-refractivity contribution in [3.8, 4) is 17.6 Å². The summed E-state index contributed by atoms with van der Waals surface area (Å²) in [6.45, 7) is 0.529. The standard InChI is InChI=1S/C16H15ClN2O2/c1-20-15-5-3-11(9-18)7-12(15)10-19-13-4-6-16(21-2)14(17)8-13/h3-8,19H,10H2,1-2H3. The van der Waals surface area contributed by atoms with Crippen LogP contribution in [0.25, 0.3) is 0 Å². The normalized spacial score (nSPS) is 9.81. The SMILES string of the molecule is COc1ccc(NCc2cc(C#N)ccc2OC)cc1Cl. The summed E-state index contributed by atoms with van der Waals surface area (Å²) in [5.74, 6) is 1.37. The van der Waals surface area contributed by atoms with Crippen LogP contribution in [0.2, 0.25) is 5.02 Å². The van der Waals surface area contributed by atoms with Gasteiger partial charge in [0.2, 0.25) is 0 Å². The Morgan fingerprint density at radius 2 is 1.81 bits per heavy atom. The largest absolute Gasteiger partial charge is 0.496 e. The number of methoxy groups -OCH3 is 2. The van der Waals surface area contributed by atoms with Crippen LogP contribution in [0.5, 0.6) is 11.5 Å². The molecule has 0 bridgehead atoms. The molecular formula is C16H15ClN2O2. The van der Waals surface area contributed by atoms with Gasteiger partial charge in [-0.05, 0) is 36.4 Å². The van der Waals surface area contributed by atoms with Gasteiger partial charge in [-0.2, -0.15) is 5.26 Å². The number of nitrogens with one attached hydrogen (secondary N) is 1. The van der Waals surface area contributed by atoms with Gasteiger partial charge >= 0.3 is 0 Å². The van der Waals surface area contributed by atoms with Crippen LogP contribution < -0.4 is 14.8 Å². The summed E-state index contributed by atoms with van der Waals surface area (Å²) in [6, 6.07) is 12.9. The molecule has 0 aliphatic rings. The fourth-order valence-electron chi connectivity index (χ4n) is 1.96. The topological polar surface area (TPSA) is 54.3 Å². The van der Waals surface area contributed by atoms with Crippen LogP contribution in [-0.4, -0.2) is 14.2 Å². The van der Waals surface area contributed by atoms with Gasteiger partial charge in [0, 0.05) is 17.8 Å². The van der Waals surface area contributed by atoms with Crippen molar-refractivity contribution in [3.05, 3.63) is 52.5 Å². The number of anilines is 1. The third-order valence-electron chi connectivity index (χ3n) is 3.04. The number of rotatable bonds is 5. The van der Waals surface area contributed by atoms with Crippen molar-refractivity contribution < 1.29 is 9.47 Å². The van der Waals surface area contributed by atoms with E-state index in [1.807, 2.05) is 6.07 Å². The second-order valence-electron chi connectivity index (χ2n) is 4.34. The molecule has 2 rings (SSSR count). The van der Waals surface area contributed by atoms with Crippen molar-refractivity contribution in [1.82, 2.24) is 0 Å². The second kappa shape index (κ2) is 6.87. The van der Waals surface area contributed by atoms with Gasteiger partial charge < -0.3 is 14.8 Å². The summed E-state index contributed by atoms with van der Waals surface area (Å²) >= 11 is 6.08. The first-order valence-electron chi connectivity index (χ1n) is 6.32.